The van der Waals surface area contributed by atoms with E-state index in [0.717, 1.165) is 43.4 Å². The fraction of sp³-hybridized carbons (Fsp3) is 0.440. The fourth-order valence-electron chi connectivity index (χ4n) is 4.24. The number of benzene rings is 1. The minimum atomic E-state index is -0.797. The Hall–Kier alpha value is -2.97. The van der Waals surface area contributed by atoms with E-state index in [1.807, 2.05) is 6.92 Å². The Labute approximate surface area is 216 Å². The minimum absolute atomic E-state index is 0.0820. The number of amides is 1. The molecule has 2 heterocycles. The highest BCUT2D eigenvalue weighted by Crippen LogP contribution is 2.37. The summed E-state index contributed by atoms with van der Waals surface area (Å²) in [6.45, 7) is 4.12. The van der Waals surface area contributed by atoms with Gasteiger partial charge in [-0.2, -0.15) is 5.26 Å². The molecule has 2 aromatic heterocycles. The van der Waals surface area contributed by atoms with E-state index < -0.39 is 17.7 Å². The maximum Gasteiger partial charge on any atom is 0.235 e. The highest BCUT2D eigenvalue weighted by molar-refractivity contribution is 7.99. The van der Waals surface area contributed by atoms with Crippen LogP contribution < -0.4 is 10.1 Å². The lowest BCUT2D eigenvalue weighted by Gasteiger charge is -2.16. The molecule has 0 radical (unpaired) electrons. The second kappa shape index (κ2) is 11.8. The van der Waals surface area contributed by atoms with Crippen molar-refractivity contribution >= 4 is 34.0 Å². The molecule has 1 aromatic carbocycles. The first-order chi connectivity index (χ1) is 17.4. The summed E-state index contributed by atoms with van der Waals surface area (Å²) in [5.74, 6) is -1.23. The minimum Gasteiger partial charge on any atom is -0.480 e. The fourth-order valence-corrected chi connectivity index (χ4v) is 6.30. The van der Waals surface area contributed by atoms with E-state index in [1.54, 1.807) is 11.5 Å². The summed E-state index contributed by atoms with van der Waals surface area (Å²) in [7, 11) is 0. The van der Waals surface area contributed by atoms with Crippen LogP contribution in [0.25, 0.3) is 0 Å². The molecule has 0 bridgehead atoms. The van der Waals surface area contributed by atoms with Crippen LogP contribution in [-0.2, 0) is 24.2 Å². The van der Waals surface area contributed by atoms with Gasteiger partial charge < -0.3 is 14.6 Å². The van der Waals surface area contributed by atoms with E-state index in [9.17, 15) is 18.8 Å². The van der Waals surface area contributed by atoms with Crippen LogP contribution in [-0.4, -0.2) is 26.4 Å². The van der Waals surface area contributed by atoms with Crippen molar-refractivity contribution in [1.29, 1.82) is 5.26 Å². The summed E-state index contributed by atoms with van der Waals surface area (Å²) >= 11 is 2.73. The molecule has 190 valence electrons. The van der Waals surface area contributed by atoms with Gasteiger partial charge in [0.15, 0.2) is 28.7 Å². The summed E-state index contributed by atoms with van der Waals surface area (Å²) in [4.78, 5) is 14.0. The first-order valence-corrected chi connectivity index (χ1v) is 13.7. The SMILES string of the molecule is CCn1c(SCC(=O)Nc2sc3c(c2C#N)CCCCCC3)nnc1C(C)Oc1ccc(F)cc1F. The normalized spacial score (nSPS) is 14.3. The van der Waals surface area contributed by atoms with Crippen molar-refractivity contribution in [3.63, 3.8) is 0 Å². The number of fused-ring (bicyclic) bond motifs is 1. The second-order valence-corrected chi connectivity index (χ2v) is 10.5. The molecule has 1 unspecified atom stereocenters. The van der Waals surface area contributed by atoms with Crippen molar-refractivity contribution in [3.05, 3.63) is 51.7 Å². The maximum atomic E-state index is 14.0. The van der Waals surface area contributed by atoms with E-state index in [-0.39, 0.29) is 17.4 Å². The number of nitrogens with one attached hydrogen (secondary N) is 1. The Morgan fingerprint density at radius 2 is 2.06 bits per heavy atom. The number of anilines is 1. The molecule has 1 N–H and O–H groups in total. The first kappa shape index (κ1) is 26.1. The summed E-state index contributed by atoms with van der Waals surface area (Å²) < 4.78 is 34.6. The third-order valence-electron chi connectivity index (χ3n) is 5.99. The van der Waals surface area contributed by atoms with Crippen LogP contribution in [0, 0.1) is 23.0 Å². The molecular weight excluding hydrogens is 504 g/mol. The van der Waals surface area contributed by atoms with Crippen molar-refractivity contribution in [2.75, 3.05) is 11.1 Å². The van der Waals surface area contributed by atoms with Gasteiger partial charge in [-0.25, -0.2) is 8.78 Å². The molecule has 1 amide bonds. The van der Waals surface area contributed by atoms with Gasteiger partial charge in [0.25, 0.3) is 0 Å². The quantitative estimate of drug-likeness (QED) is 0.356. The van der Waals surface area contributed by atoms with Gasteiger partial charge in [0.1, 0.15) is 16.9 Å². The maximum absolute atomic E-state index is 14.0. The topological polar surface area (TPSA) is 92.8 Å². The molecular formula is C25H27F2N5O2S2. The lowest BCUT2D eigenvalue weighted by molar-refractivity contribution is -0.113. The zero-order valence-electron chi connectivity index (χ0n) is 20.1. The van der Waals surface area contributed by atoms with Crippen molar-refractivity contribution in [1.82, 2.24) is 14.8 Å². The number of halogens is 2. The third-order valence-corrected chi connectivity index (χ3v) is 8.17. The predicted octanol–water partition coefficient (Wildman–Crippen LogP) is 6.04. The van der Waals surface area contributed by atoms with Gasteiger partial charge in [0, 0.05) is 17.5 Å². The number of hydrogen-bond acceptors (Lipinski definition) is 7. The summed E-state index contributed by atoms with van der Waals surface area (Å²) in [5.41, 5.74) is 1.68. The Morgan fingerprint density at radius 1 is 1.28 bits per heavy atom. The average Bonchev–Trinajstić information content (AvgIpc) is 3.39. The van der Waals surface area contributed by atoms with Gasteiger partial charge in [-0.3, -0.25) is 4.79 Å². The van der Waals surface area contributed by atoms with Crippen LogP contribution in [0.1, 0.15) is 67.5 Å². The zero-order chi connectivity index (χ0) is 25.7. The summed E-state index contributed by atoms with van der Waals surface area (Å²) in [5, 5.41) is 22.2. The van der Waals surface area contributed by atoms with Crippen LogP contribution in [0.5, 0.6) is 5.75 Å². The van der Waals surface area contributed by atoms with Crippen LogP contribution in [0.3, 0.4) is 0 Å². The van der Waals surface area contributed by atoms with Crippen molar-refractivity contribution in [2.24, 2.45) is 0 Å². The average molecular weight is 532 g/mol. The predicted molar refractivity (Wildman–Crippen MR) is 135 cm³/mol. The van der Waals surface area contributed by atoms with Crippen molar-refractivity contribution in [2.45, 2.75) is 70.2 Å². The molecule has 1 aliphatic carbocycles. The Morgan fingerprint density at radius 3 is 2.78 bits per heavy atom. The molecule has 4 rings (SSSR count). The number of ether oxygens (including phenoxy) is 1. The van der Waals surface area contributed by atoms with E-state index in [2.05, 4.69) is 21.6 Å². The largest absolute Gasteiger partial charge is 0.480 e. The molecule has 11 heteroatoms. The second-order valence-electron chi connectivity index (χ2n) is 8.49. The molecule has 3 aromatic rings. The lowest BCUT2D eigenvalue weighted by atomic mass is 9.97. The summed E-state index contributed by atoms with van der Waals surface area (Å²) in [6.07, 6.45) is 5.71. The highest BCUT2D eigenvalue weighted by Gasteiger charge is 2.23. The first-order valence-electron chi connectivity index (χ1n) is 11.9. The van der Waals surface area contributed by atoms with Crippen LogP contribution in [0.2, 0.25) is 0 Å². The van der Waals surface area contributed by atoms with Gasteiger partial charge in [-0.15, -0.1) is 21.5 Å². The smallest absolute Gasteiger partial charge is 0.235 e. The van der Waals surface area contributed by atoms with Crippen LogP contribution in [0.4, 0.5) is 13.8 Å². The number of rotatable bonds is 8. The monoisotopic (exact) mass is 531 g/mol. The van der Waals surface area contributed by atoms with Crippen molar-refractivity contribution in [3.8, 4) is 11.8 Å². The molecule has 0 fully saturated rings. The number of carbonyl (C=O) groups excluding carboxylic acids is 1. The number of aryl methyl sites for hydroxylation is 1. The molecule has 0 saturated heterocycles. The van der Waals surface area contributed by atoms with Gasteiger partial charge in [-0.05, 0) is 57.2 Å². The molecule has 36 heavy (non-hydrogen) atoms. The third kappa shape index (κ3) is 5.87. The number of carbonyl (C=O) groups is 1. The lowest BCUT2D eigenvalue weighted by Crippen LogP contribution is -2.15. The number of aromatic nitrogens is 3. The van der Waals surface area contributed by atoms with Crippen molar-refractivity contribution < 1.29 is 18.3 Å². The Bertz CT molecular complexity index is 1280. The number of hydrogen-bond donors (Lipinski definition) is 1. The van der Waals surface area contributed by atoms with E-state index in [0.29, 0.717) is 28.1 Å². The summed E-state index contributed by atoms with van der Waals surface area (Å²) in [6, 6.07) is 5.41. The molecule has 0 saturated carbocycles. The van der Waals surface area contributed by atoms with E-state index in [1.165, 1.54) is 46.9 Å². The van der Waals surface area contributed by atoms with Crippen LogP contribution in [0.15, 0.2) is 23.4 Å². The Balaban J connectivity index is 1.42. The molecule has 0 aliphatic heterocycles. The number of thioether (sulfide) groups is 1. The highest BCUT2D eigenvalue weighted by atomic mass is 32.2. The van der Waals surface area contributed by atoms with E-state index >= 15 is 0 Å². The number of thiophene rings is 1. The standard InChI is InChI=1S/C25H27F2N5O2S2/c1-3-32-23(15(2)34-20-11-10-16(26)12-19(20)27)30-31-25(32)35-14-22(33)29-24-18(13-28)17-8-6-4-5-7-9-21(17)36-24/h10-12,15H,3-9,14H2,1-2H3,(H,29,33). The van der Waals surface area contributed by atoms with Gasteiger partial charge in [-0.1, -0.05) is 24.6 Å². The van der Waals surface area contributed by atoms with Gasteiger partial charge in [0.2, 0.25) is 5.91 Å². The molecule has 1 aliphatic rings. The molecule has 7 nitrogen and oxygen atoms in total. The van der Waals surface area contributed by atoms with Gasteiger partial charge >= 0.3 is 0 Å². The molecule has 0 spiro atoms. The molecule has 1 atom stereocenters. The zero-order valence-corrected chi connectivity index (χ0v) is 21.8. The number of nitrogens with zero attached hydrogens (tertiary/aromatic N) is 4. The van der Waals surface area contributed by atoms with Crippen LogP contribution >= 0.6 is 23.1 Å². The number of nitriles is 1. The van der Waals surface area contributed by atoms with E-state index in [4.69, 9.17) is 4.74 Å². The van der Waals surface area contributed by atoms with Gasteiger partial charge in [0.05, 0.1) is 11.3 Å². The Kier molecular flexibility index (Phi) is 8.59.